The fourth-order valence-electron chi connectivity index (χ4n) is 3.65. The second kappa shape index (κ2) is 8.20. The monoisotopic (exact) mass is 460 g/mol. The van der Waals surface area contributed by atoms with Gasteiger partial charge in [-0.25, -0.2) is 15.0 Å². The highest BCUT2D eigenvalue weighted by Gasteiger charge is 2.44. The van der Waals surface area contributed by atoms with Gasteiger partial charge >= 0.3 is 0 Å². The zero-order chi connectivity index (χ0) is 21.5. The third-order valence-corrected chi connectivity index (χ3v) is 6.97. The fourth-order valence-corrected chi connectivity index (χ4v) is 5.36. The van der Waals surface area contributed by atoms with Crippen molar-refractivity contribution in [1.82, 2.24) is 24.7 Å². The molecule has 1 aliphatic heterocycles. The molecule has 4 atom stereocenters. The van der Waals surface area contributed by atoms with E-state index in [2.05, 4.69) is 20.1 Å². The van der Waals surface area contributed by atoms with Crippen molar-refractivity contribution >= 4 is 39.9 Å². The topological polar surface area (TPSA) is 145 Å². The first-order valence-corrected chi connectivity index (χ1v) is 11.6. The molecule has 0 amide bonds. The predicted octanol–water partition coefficient (Wildman–Crippen LogP) is 1.99. The van der Waals surface area contributed by atoms with Crippen LogP contribution < -0.4 is 5.73 Å². The minimum absolute atomic E-state index is 0.351. The van der Waals surface area contributed by atoms with E-state index in [-0.39, 0.29) is 0 Å². The molecule has 162 valence electrons. The number of anilines is 1. The summed E-state index contributed by atoms with van der Waals surface area (Å²) in [5, 5.41) is 27.8. The summed E-state index contributed by atoms with van der Waals surface area (Å²) in [6, 6.07) is 1.77. The van der Waals surface area contributed by atoms with Crippen molar-refractivity contribution < 1.29 is 19.5 Å². The Morgan fingerprint density at radius 1 is 1.26 bits per heavy atom. The zero-order valence-corrected chi connectivity index (χ0v) is 18.1. The molecule has 1 fully saturated rings. The molecular formula is C19H20N6O4S2. The molecule has 5 rings (SSSR count). The van der Waals surface area contributed by atoms with Crippen LogP contribution >= 0.6 is 23.1 Å². The van der Waals surface area contributed by atoms with Crippen molar-refractivity contribution in [3.8, 4) is 11.5 Å². The van der Waals surface area contributed by atoms with Crippen LogP contribution in [0.5, 0.6) is 0 Å². The van der Waals surface area contributed by atoms with Gasteiger partial charge in [0.15, 0.2) is 12.0 Å². The van der Waals surface area contributed by atoms with Gasteiger partial charge in [0.1, 0.15) is 35.7 Å². The molecule has 0 radical (unpaired) electrons. The minimum Gasteiger partial charge on any atom is -0.387 e. The molecule has 0 unspecified atom stereocenters. The van der Waals surface area contributed by atoms with Gasteiger partial charge in [-0.15, -0.1) is 11.3 Å². The highest BCUT2D eigenvalue weighted by atomic mass is 32.2. The van der Waals surface area contributed by atoms with Gasteiger partial charge in [0.25, 0.3) is 0 Å². The van der Waals surface area contributed by atoms with E-state index in [1.54, 1.807) is 34.1 Å². The molecule has 5 heterocycles. The number of thiazole rings is 1. The Kier molecular flexibility index (Phi) is 5.40. The lowest BCUT2D eigenvalue weighted by atomic mass is 10.1. The van der Waals surface area contributed by atoms with Crippen molar-refractivity contribution in [2.45, 2.75) is 37.2 Å². The number of nitrogens with zero attached hydrogens (tertiary/aromatic N) is 5. The van der Waals surface area contributed by atoms with E-state index in [0.29, 0.717) is 34.1 Å². The number of nitrogen functional groups attached to an aromatic ring is 1. The number of nitrogens with two attached hydrogens (primary N) is 1. The molecule has 0 saturated carbocycles. The number of fused-ring (bicyclic) bond motifs is 1. The lowest BCUT2D eigenvalue weighted by molar-refractivity contribution is -0.0285. The molecule has 12 heteroatoms. The van der Waals surface area contributed by atoms with E-state index in [4.69, 9.17) is 15.0 Å². The van der Waals surface area contributed by atoms with Crippen molar-refractivity contribution in [1.29, 1.82) is 0 Å². The van der Waals surface area contributed by atoms with E-state index >= 15 is 0 Å². The van der Waals surface area contributed by atoms with Crippen LogP contribution in [0.15, 0.2) is 34.0 Å². The molecule has 4 N–H and O–H groups in total. The number of rotatable bonds is 6. The number of aryl methyl sites for hydroxylation is 1. The third-order valence-electron chi connectivity index (χ3n) is 5.33. The van der Waals surface area contributed by atoms with Gasteiger partial charge < -0.3 is 29.8 Å². The van der Waals surface area contributed by atoms with E-state index in [9.17, 15) is 10.2 Å². The highest BCUT2D eigenvalue weighted by Crippen LogP contribution is 2.35. The van der Waals surface area contributed by atoms with Crippen molar-refractivity contribution in [3.63, 3.8) is 0 Å². The predicted molar refractivity (Wildman–Crippen MR) is 116 cm³/mol. The number of aliphatic hydroxyl groups is 2. The molecule has 4 aromatic heterocycles. The summed E-state index contributed by atoms with van der Waals surface area (Å²) in [5.41, 5.74) is 10.7. The summed E-state index contributed by atoms with van der Waals surface area (Å²) in [6.07, 6.45) is -0.358. The molecule has 0 bridgehead atoms. The van der Waals surface area contributed by atoms with Gasteiger partial charge in [0, 0.05) is 28.6 Å². The lowest BCUT2D eigenvalue weighted by Gasteiger charge is -2.17. The van der Waals surface area contributed by atoms with Crippen LogP contribution in [-0.4, -0.2) is 59.0 Å². The Labute approximate surface area is 185 Å². The average Bonchev–Trinajstić information content (AvgIpc) is 3.53. The van der Waals surface area contributed by atoms with Crippen LogP contribution in [0.3, 0.4) is 0 Å². The van der Waals surface area contributed by atoms with Crippen molar-refractivity contribution in [2.24, 2.45) is 0 Å². The molecule has 1 saturated heterocycles. The van der Waals surface area contributed by atoms with Gasteiger partial charge in [-0.3, -0.25) is 0 Å². The van der Waals surface area contributed by atoms with Gasteiger partial charge in [-0.2, -0.15) is 11.8 Å². The van der Waals surface area contributed by atoms with Gasteiger partial charge in [-0.05, 0) is 13.0 Å². The number of aromatic nitrogens is 5. The first kappa shape index (κ1) is 20.4. The van der Waals surface area contributed by atoms with Crippen molar-refractivity contribution in [2.75, 3.05) is 11.5 Å². The Morgan fingerprint density at radius 3 is 2.94 bits per heavy atom. The summed E-state index contributed by atoms with van der Waals surface area (Å²) in [7, 11) is 0. The molecule has 0 aromatic carbocycles. The van der Waals surface area contributed by atoms with Crippen LogP contribution in [0.25, 0.3) is 22.5 Å². The fraction of sp³-hybridized carbons (Fsp3) is 0.368. The summed E-state index contributed by atoms with van der Waals surface area (Å²) in [4.78, 5) is 12.5. The second-order valence-electron chi connectivity index (χ2n) is 7.23. The highest BCUT2D eigenvalue weighted by molar-refractivity contribution is 7.98. The number of hydrogen-bond acceptors (Lipinski definition) is 11. The quantitative estimate of drug-likeness (QED) is 0.390. The van der Waals surface area contributed by atoms with E-state index in [1.165, 1.54) is 17.7 Å². The van der Waals surface area contributed by atoms with Crippen molar-refractivity contribution in [3.05, 3.63) is 40.7 Å². The summed E-state index contributed by atoms with van der Waals surface area (Å²) >= 11 is 3.06. The summed E-state index contributed by atoms with van der Waals surface area (Å²) in [5.74, 6) is 2.11. The molecule has 1 aliphatic rings. The Morgan fingerprint density at radius 2 is 2.13 bits per heavy atom. The van der Waals surface area contributed by atoms with E-state index < -0.39 is 24.5 Å². The second-order valence-corrected chi connectivity index (χ2v) is 8.98. The number of thioether (sulfide) groups is 1. The first-order valence-electron chi connectivity index (χ1n) is 9.54. The molecule has 4 aromatic rings. The molecule has 31 heavy (non-hydrogen) atoms. The first-order chi connectivity index (χ1) is 15.0. The maximum Gasteiger partial charge on any atom is 0.190 e. The SMILES string of the molecule is Cc1noc(-c2cscn2)c1CSC[C@H]1O[C@@H](n2ccc3c(N)ncnc32)[C@H](O)[C@@H]1O. The normalized spacial score (nSPS) is 23.7. The Hall–Kier alpha value is -2.51. The summed E-state index contributed by atoms with van der Waals surface area (Å²) < 4.78 is 13.2. The third kappa shape index (κ3) is 3.59. The Bertz CT molecular complexity index is 1190. The van der Waals surface area contributed by atoms with E-state index in [0.717, 1.165) is 17.0 Å². The van der Waals surface area contributed by atoms with Crippen LogP contribution in [0.4, 0.5) is 5.82 Å². The van der Waals surface area contributed by atoms with Crippen LogP contribution in [0, 0.1) is 6.92 Å². The number of aliphatic hydroxyl groups excluding tert-OH is 2. The van der Waals surface area contributed by atoms with Gasteiger partial charge in [-0.1, -0.05) is 5.16 Å². The van der Waals surface area contributed by atoms with Crippen LogP contribution in [0.1, 0.15) is 17.5 Å². The maximum atomic E-state index is 10.6. The van der Waals surface area contributed by atoms with Crippen LogP contribution in [0.2, 0.25) is 0 Å². The molecular weight excluding hydrogens is 440 g/mol. The number of hydrogen-bond donors (Lipinski definition) is 3. The minimum atomic E-state index is -1.10. The Balaban J connectivity index is 1.28. The average molecular weight is 461 g/mol. The molecule has 0 aliphatic carbocycles. The molecule has 0 spiro atoms. The summed E-state index contributed by atoms with van der Waals surface area (Å²) in [6.45, 7) is 1.89. The van der Waals surface area contributed by atoms with Gasteiger partial charge in [0.2, 0.25) is 0 Å². The maximum absolute atomic E-state index is 10.6. The largest absolute Gasteiger partial charge is 0.387 e. The van der Waals surface area contributed by atoms with E-state index in [1.807, 2.05) is 12.3 Å². The standard InChI is InChI=1S/C19H20N6O4S2/c1-9-11(16(29-24-9)12-5-31-8-23-12)4-30-6-13-14(26)15(27)19(28-13)25-3-2-10-17(20)21-7-22-18(10)25/h2-3,5,7-8,13-15,19,26-27H,4,6H2,1H3,(H2,20,21,22)/t13-,14-,15-,19-/m1/s1. The lowest BCUT2D eigenvalue weighted by Crippen LogP contribution is -2.32. The molecule has 10 nitrogen and oxygen atoms in total. The van der Waals surface area contributed by atoms with Crippen LogP contribution in [-0.2, 0) is 10.5 Å². The smallest absolute Gasteiger partial charge is 0.190 e. The van der Waals surface area contributed by atoms with Gasteiger partial charge in [0.05, 0.1) is 22.7 Å². The zero-order valence-electron chi connectivity index (χ0n) is 16.5. The number of ether oxygens (including phenoxy) is 1.